The summed E-state index contributed by atoms with van der Waals surface area (Å²) in [6.07, 6.45) is 0. The molecule has 0 fully saturated rings. The number of rotatable bonds is 6. The molecule has 2 aromatic carbocycles. The van der Waals surface area contributed by atoms with Gasteiger partial charge in [-0.1, -0.05) is 12.1 Å². The SMILES string of the molecule is O=C(O)COc1ccc(NC(=O)c2cccc(-c3ccc4n[nH]nc4n3)c2)cc1. The molecule has 0 aliphatic carbocycles. The summed E-state index contributed by atoms with van der Waals surface area (Å²) < 4.78 is 5.07. The van der Waals surface area contributed by atoms with Crippen LogP contribution >= 0.6 is 0 Å². The number of pyridine rings is 1. The number of nitrogens with zero attached hydrogens (tertiary/aromatic N) is 3. The molecule has 9 heteroatoms. The lowest BCUT2D eigenvalue weighted by molar-refractivity contribution is -0.139. The van der Waals surface area contributed by atoms with E-state index in [1.165, 1.54) is 0 Å². The summed E-state index contributed by atoms with van der Waals surface area (Å²) in [5.41, 5.74) is 3.66. The lowest BCUT2D eigenvalue weighted by atomic mass is 10.1. The molecule has 2 aromatic heterocycles. The number of aromatic nitrogens is 4. The van der Waals surface area contributed by atoms with Gasteiger partial charge in [0.25, 0.3) is 5.91 Å². The minimum atomic E-state index is -1.06. The van der Waals surface area contributed by atoms with Crippen LogP contribution in [0.3, 0.4) is 0 Å². The van der Waals surface area contributed by atoms with Gasteiger partial charge in [-0.25, -0.2) is 9.78 Å². The summed E-state index contributed by atoms with van der Waals surface area (Å²) >= 11 is 0. The summed E-state index contributed by atoms with van der Waals surface area (Å²) in [4.78, 5) is 27.6. The van der Waals surface area contributed by atoms with Crippen LogP contribution in [0.25, 0.3) is 22.4 Å². The smallest absolute Gasteiger partial charge is 0.341 e. The number of carboxylic acid groups (broad SMARTS) is 1. The highest BCUT2D eigenvalue weighted by Gasteiger charge is 2.10. The normalized spacial score (nSPS) is 10.6. The third-order valence-corrected chi connectivity index (χ3v) is 4.08. The van der Waals surface area contributed by atoms with Gasteiger partial charge in [0, 0.05) is 16.8 Å². The maximum Gasteiger partial charge on any atom is 0.341 e. The van der Waals surface area contributed by atoms with Crippen molar-refractivity contribution >= 4 is 28.7 Å². The molecule has 0 radical (unpaired) electrons. The standard InChI is InChI=1S/C20H15N5O4/c26-18(27)11-29-15-6-4-14(5-7-15)21-20(28)13-3-1-2-12(10-13)16-8-9-17-19(22-16)24-25-23-17/h1-10H,11H2,(H,21,28)(H,26,27)(H,22,23,24,25). The molecule has 144 valence electrons. The minimum absolute atomic E-state index is 0.284. The van der Waals surface area contributed by atoms with Crippen molar-refractivity contribution in [3.05, 3.63) is 66.2 Å². The fourth-order valence-electron chi connectivity index (χ4n) is 2.70. The van der Waals surface area contributed by atoms with Gasteiger partial charge in [-0.05, 0) is 48.5 Å². The second-order valence-corrected chi connectivity index (χ2v) is 6.10. The van der Waals surface area contributed by atoms with Gasteiger partial charge in [-0.15, -0.1) is 5.10 Å². The van der Waals surface area contributed by atoms with Gasteiger partial charge < -0.3 is 15.2 Å². The first kappa shape index (κ1) is 18.1. The molecule has 9 nitrogen and oxygen atoms in total. The number of benzene rings is 2. The van der Waals surface area contributed by atoms with Crippen molar-refractivity contribution in [1.82, 2.24) is 20.4 Å². The topological polar surface area (TPSA) is 130 Å². The lowest BCUT2D eigenvalue weighted by Crippen LogP contribution is -2.12. The Balaban J connectivity index is 1.49. The Morgan fingerprint density at radius 2 is 1.86 bits per heavy atom. The second kappa shape index (κ2) is 7.77. The Hall–Kier alpha value is -4.27. The Morgan fingerprint density at radius 3 is 2.66 bits per heavy atom. The van der Waals surface area contributed by atoms with Crippen LogP contribution in [-0.4, -0.2) is 44.0 Å². The molecule has 2 heterocycles. The zero-order valence-electron chi connectivity index (χ0n) is 15.0. The maximum atomic E-state index is 12.6. The third-order valence-electron chi connectivity index (χ3n) is 4.08. The fourth-order valence-corrected chi connectivity index (χ4v) is 2.70. The van der Waals surface area contributed by atoms with E-state index in [1.807, 2.05) is 18.2 Å². The Kier molecular flexibility index (Phi) is 4.85. The quantitative estimate of drug-likeness (QED) is 0.462. The average Bonchev–Trinajstić information content (AvgIpc) is 3.21. The summed E-state index contributed by atoms with van der Waals surface area (Å²) in [5, 5.41) is 21.9. The first-order valence-corrected chi connectivity index (χ1v) is 8.62. The maximum absolute atomic E-state index is 12.6. The fraction of sp³-hybridized carbons (Fsp3) is 0.0500. The molecule has 0 atom stereocenters. The van der Waals surface area contributed by atoms with Crippen molar-refractivity contribution in [2.45, 2.75) is 0 Å². The highest BCUT2D eigenvalue weighted by molar-refractivity contribution is 6.05. The van der Waals surface area contributed by atoms with E-state index < -0.39 is 12.6 Å². The van der Waals surface area contributed by atoms with Crippen LogP contribution in [-0.2, 0) is 4.79 Å². The van der Waals surface area contributed by atoms with E-state index in [9.17, 15) is 9.59 Å². The van der Waals surface area contributed by atoms with Crippen molar-refractivity contribution in [2.75, 3.05) is 11.9 Å². The van der Waals surface area contributed by atoms with E-state index in [0.717, 1.165) is 5.56 Å². The van der Waals surface area contributed by atoms with Crippen molar-refractivity contribution in [1.29, 1.82) is 0 Å². The first-order valence-electron chi connectivity index (χ1n) is 8.62. The molecule has 0 aliphatic heterocycles. The molecule has 0 saturated heterocycles. The monoisotopic (exact) mass is 389 g/mol. The Morgan fingerprint density at radius 1 is 1.03 bits per heavy atom. The Bertz CT molecular complexity index is 1190. The van der Waals surface area contributed by atoms with Crippen LogP contribution < -0.4 is 10.1 Å². The van der Waals surface area contributed by atoms with Crippen molar-refractivity contribution < 1.29 is 19.4 Å². The zero-order chi connectivity index (χ0) is 20.2. The van der Waals surface area contributed by atoms with Crippen LogP contribution in [0.5, 0.6) is 5.75 Å². The van der Waals surface area contributed by atoms with E-state index in [4.69, 9.17) is 9.84 Å². The molecular weight excluding hydrogens is 374 g/mol. The van der Waals surface area contributed by atoms with Crippen LogP contribution in [0, 0.1) is 0 Å². The van der Waals surface area contributed by atoms with Crippen LogP contribution in [0.2, 0.25) is 0 Å². The van der Waals surface area contributed by atoms with Crippen LogP contribution in [0.4, 0.5) is 5.69 Å². The van der Waals surface area contributed by atoms with E-state index in [1.54, 1.807) is 42.5 Å². The van der Waals surface area contributed by atoms with Gasteiger partial charge in [0.05, 0.1) is 5.69 Å². The number of nitrogens with one attached hydrogen (secondary N) is 2. The Labute approximate surface area is 164 Å². The number of hydrogen-bond acceptors (Lipinski definition) is 6. The number of fused-ring (bicyclic) bond motifs is 1. The van der Waals surface area contributed by atoms with Crippen LogP contribution in [0.1, 0.15) is 10.4 Å². The minimum Gasteiger partial charge on any atom is -0.482 e. The molecule has 0 spiro atoms. The predicted molar refractivity (Wildman–Crippen MR) is 105 cm³/mol. The molecule has 3 N–H and O–H groups in total. The van der Waals surface area contributed by atoms with Gasteiger partial charge >= 0.3 is 5.97 Å². The molecule has 0 aliphatic rings. The number of aliphatic carboxylic acids is 1. The van der Waals surface area contributed by atoms with Gasteiger partial charge in [0.15, 0.2) is 6.61 Å². The van der Waals surface area contributed by atoms with Gasteiger partial charge in [0.2, 0.25) is 5.65 Å². The number of aromatic amines is 1. The number of ether oxygens (including phenoxy) is 1. The number of amides is 1. The third kappa shape index (κ3) is 4.19. The van der Waals surface area contributed by atoms with E-state index >= 15 is 0 Å². The molecule has 4 rings (SSSR count). The molecule has 0 saturated carbocycles. The molecular formula is C20H15N5O4. The molecule has 0 bridgehead atoms. The largest absolute Gasteiger partial charge is 0.482 e. The number of carboxylic acids is 1. The van der Waals surface area contributed by atoms with E-state index in [-0.39, 0.29) is 5.91 Å². The van der Waals surface area contributed by atoms with Crippen molar-refractivity contribution in [3.63, 3.8) is 0 Å². The van der Waals surface area contributed by atoms with Crippen LogP contribution in [0.15, 0.2) is 60.7 Å². The predicted octanol–water partition coefficient (Wildman–Crippen LogP) is 2.74. The zero-order valence-corrected chi connectivity index (χ0v) is 15.0. The van der Waals surface area contributed by atoms with Crippen molar-refractivity contribution in [2.24, 2.45) is 0 Å². The molecule has 0 unspecified atom stereocenters. The number of H-pyrrole nitrogens is 1. The number of carbonyl (C=O) groups is 2. The summed E-state index contributed by atoms with van der Waals surface area (Å²) in [7, 11) is 0. The first-order chi connectivity index (χ1) is 14.1. The second-order valence-electron chi connectivity index (χ2n) is 6.10. The highest BCUT2D eigenvalue weighted by Crippen LogP contribution is 2.21. The highest BCUT2D eigenvalue weighted by atomic mass is 16.5. The van der Waals surface area contributed by atoms with Crippen molar-refractivity contribution in [3.8, 4) is 17.0 Å². The van der Waals surface area contributed by atoms with Gasteiger partial charge in [-0.3, -0.25) is 4.79 Å². The summed E-state index contributed by atoms with van der Waals surface area (Å²) in [6.45, 7) is -0.424. The number of anilines is 1. The number of carbonyl (C=O) groups excluding carboxylic acids is 1. The lowest BCUT2D eigenvalue weighted by Gasteiger charge is -2.08. The van der Waals surface area contributed by atoms with E-state index in [2.05, 4.69) is 25.7 Å². The van der Waals surface area contributed by atoms with Gasteiger partial charge in [-0.2, -0.15) is 10.3 Å². The summed E-state index contributed by atoms with van der Waals surface area (Å²) in [5.74, 6) is -0.935. The average molecular weight is 389 g/mol. The molecule has 29 heavy (non-hydrogen) atoms. The summed E-state index contributed by atoms with van der Waals surface area (Å²) in [6, 6.07) is 17.2. The molecule has 1 amide bonds. The van der Waals surface area contributed by atoms with E-state index in [0.29, 0.717) is 33.9 Å². The number of hydrogen-bond donors (Lipinski definition) is 3. The molecule has 4 aromatic rings. The van der Waals surface area contributed by atoms with Gasteiger partial charge in [0.1, 0.15) is 11.3 Å².